The summed E-state index contributed by atoms with van der Waals surface area (Å²) >= 11 is 5.45. The summed E-state index contributed by atoms with van der Waals surface area (Å²) in [6.45, 7) is 5.22. The van der Waals surface area contributed by atoms with Crippen molar-refractivity contribution in [3.05, 3.63) is 45.0 Å². The van der Waals surface area contributed by atoms with Gasteiger partial charge in [-0.15, -0.1) is 0 Å². The smallest absolute Gasteiger partial charge is 0.330 e. The van der Waals surface area contributed by atoms with Crippen LogP contribution in [0.1, 0.15) is 19.6 Å². The molecule has 0 fully saturated rings. The molecular weight excluding hydrogens is 370 g/mol. The summed E-state index contributed by atoms with van der Waals surface area (Å²) in [5, 5.41) is 3.31. The summed E-state index contributed by atoms with van der Waals surface area (Å²) in [6, 6.07) is 3.58. The van der Waals surface area contributed by atoms with Crippen molar-refractivity contribution >= 4 is 28.8 Å². The molecule has 2 aromatic rings. The van der Waals surface area contributed by atoms with Gasteiger partial charge in [0.1, 0.15) is 11.6 Å². The van der Waals surface area contributed by atoms with Crippen LogP contribution in [0, 0.1) is 5.92 Å². The predicted octanol–water partition coefficient (Wildman–Crippen LogP) is 0.895. The molecule has 0 bridgehead atoms. The van der Waals surface area contributed by atoms with Crippen LogP contribution in [0.5, 0.6) is 0 Å². The molecule has 0 saturated heterocycles. The zero-order chi connectivity index (χ0) is 20.0. The number of furan rings is 1. The molecule has 2 rings (SSSR count). The van der Waals surface area contributed by atoms with Gasteiger partial charge in [0.2, 0.25) is 0 Å². The fourth-order valence-corrected chi connectivity index (χ4v) is 2.81. The van der Waals surface area contributed by atoms with E-state index in [9.17, 15) is 9.59 Å². The minimum Gasteiger partial charge on any atom is -0.467 e. The van der Waals surface area contributed by atoms with Gasteiger partial charge in [0.05, 0.1) is 19.4 Å². The van der Waals surface area contributed by atoms with Crippen LogP contribution in [0.2, 0.25) is 0 Å². The van der Waals surface area contributed by atoms with E-state index >= 15 is 0 Å². The third-order valence-corrected chi connectivity index (χ3v) is 4.15. The Bertz CT molecular complexity index is 872. The van der Waals surface area contributed by atoms with Gasteiger partial charge in [0.15, 0.2) is 10.8 Å². The second kappa shape index (κ2) is 9.38. The lowest BCUT2D eigenvalue weighted by Gasteiger charge is -2.27. The van der Waals surface area contributed by atoms with Crippen LogP contribution < -0.4 is 27.2 Å². The maximum absolute atomic E-state index is 12.5. The van der Waals surface area contributed by atoms with E-state index in [4.69, 9.17) is 27.1 Å². The van der Waals surface area contributed by atoms with Gasteiger partial charge in [-0.1, -0.05) is 13.8 Å². The molecule has 10 heteroatoms. The Morgan fingerprint density at radius 1 is 1.48 bits per heavy atom. The number of hydrogen-bond acceptors (Lipinski definition) is 6. The summed E-state index contributed by atoms with van der Waals surface area (Å²) in [5.74, 6) is 0.923. The number of aromatic amines is 1. The van der Waals surface area contributed by atoms with Crippen molar-refractivity contribution in [1.82, 2.24) is 14.9 Å². The number of nitrogens with two attached hydrogens (primary N) is 1. The number of H-pyrrole nitrogens is 1. The lowest BCUT2D eigenvalue weighted by molar-refractivity contribution is 0.207. The number of hydrogen-bond donors (Lipinski definition) is 3. The van der Waals surface area contributed by atoms with Gasteiger partial charge >= 0.3 is 5.69 Å². The Morgan fingerprint density at radius 2 is 2.22 bits per heavy atom. The SMILES string of the molecule is COCCN(C(=S)NCc1ccco1)c1c(N)n(CC(C)C)c(=O)[nH]c1=O. The number of methoxy groups -OCH3 is 1. The third kappa shape index (κ3) is 5.20. The normalized spacial score (nSPS) is 11.0. The highest BCUT2D eigenvalue weighted by molar-refractivity contribution is 7.80. The zero-order valence-corrected chi connectivity index (χ0v) is 16.5. The molecule has 0 aliphatic heterocycles. The standard InChI is InChI=1S/C17H25N5O4S/c1-11(2)10-22-14(18)13(15(23)20-16(22)24)21(6-8-25-3)17(27)19-9-12-5-4-7-26-12/h4-5,7,11H,6,8-10,18H2,1-3H3,(H,19,27)(H,20,23,24). The van der Waals surface area contributed by atoms with Gasteiger partial charge in [0, 0.05) is 20.2 Å². The van der Waals surface area contributed by atoms with Gasteiger partial charge in [-0.25, -0.2) is 4.79 Å². The maximum Gasteiger partial charge on any atom is 0.330 e. The molecule has 148 valence electrons. The predicted molar refractivity (Wildman–Crippen MR) is 108 cm³/mol. The second-order valence-corrected chi connectivity index (χ2v) is 6.77. The molecule has 0 spiro atoms. The topological polar surface area (TPSA) is 119 Å². The van der Waals surface area contributed by atoms with E-state index in [1.807, 2.05) is 13.8 Å². The van der Waals surface area contributed by atoms with Crippen molar-refractivity contribution in [2.75, 3.05) is 30.9 Å². The molecule has 2 aromatic heterocycles. The third-order valence-electron chi connectivity index (χ3n) is 3.79. The van der Waals surface area contributed by atoms with E-state index in [0.29, 0.717) is 25.5 Å². The number of aromatic nitrogens is 2. The van der Waals surface area contributed by atoms with Crippen molar-refractivity contribution in [1.29, 1.82) is 0 Å². The molecule has 0 atom stereocenters. The Labute approximate surface area is 162 Å². The number of ether oxygens (including phenoxy) is 1. The van der Waals surface area contributed by atoms with E-state index in [0.717, 1.165) is 0 Å². The Morgan fingerprint density at radius 3 is 2.81 bits per heavy atom. The number of thiocarbonyl (C=S) groups is 1. The van der Waals surface area contributed by atoms with Gasteiger partial charge in [-0.2, -0.15) is 0 Å². The number of rotatable bonds is 8. The lowest BCUT2D eigenvalue weighted by Crippen LogP contribution is -2.46. The van der Waals surface area contributed by atoms with E-state index in [1.165, 1.54) is 9.47 Å². The van der Waals surface area contributed by atoms with Gasteiger partial charge in [-0.05, 0) is 30.3 Å². The highest BCUT2D eigenvalue weighted by atomic mass is 32.1. The van der Waals surface area contributed by atoms with Crippen molar-refractivity contribution in [2.45, 2.75) is 26.9 Å². The van der Waals surface area contributed by atoms with Crippen LogP contribution >= 0.6 is 12.2 Å². The second-order valence-electron chi connectivity index (χ2n) is 6.38. The molecule has 0 aliphatic carbocycles. The van der Waals surface area contributed by atoms with Gasteiger partial charge in [0.25, 0.3) is 5.56 Å². The van der Waals surface area contributed by atoms with E-state index < -0.39 is 11.2 Å². The molecular formula is C17H25N5O4S. The number of anilines is 2. The minimum absolute atomic E-state index is 0.0655. The van der Waals surface area contributed by atoms with E-state index in [1.54, 1.807) is 25.5 Å². The number of nitrogens with zero attached hydrogens (tertiary/aromatic N) is 2. The number of nitrogens with one attached hydrogen (secondary N) is 2. The average Bonchev–Trinajstić information content (AvgIpc) is 3.12. The van der Waals surface area contributed by atoms with Crippen molar-refractivity contribution < 1.29 is 9.15 Å². The maximum atomic E-state index is 12.5. The first-order valence-electron chi connectivity index (χ1n) is 8.54. The molecule has 0 radical (unpaired) electrons. The average molecular weight is 395 g/mol. The first kappa shape index (κ1) is 20.7. The van der Waals surface area contributed by atoms with Gasteiger partial charge < -0.3 is 25.1 Å². The van der Waals surface area contributed by atoms with E-state index in [2.05, 4.69) is 10.3 Å². The molecule has 0 unspecified atom stereocenters. The first-order chi connectivity index (χ1) is 12.8. The molecule has 2 heterocycles. The summed E-state index contributed by atoms with van der Waals surface area (Å²) in [6.07, 6.45) is 1.56. The monoisotopic (exact) mass is 395 g/mol. The minimum atomic E-state index is -0.601. The molecule has 27 heavy (non-hydrogen) atoms. The largest absolute Gasteiger partial charge is 0.467 e. The van der Waals surface area contributed by atoms with Crippen LogP contribution in [0.15, 0.2) is 32.4 Å². The van der Waals surface area contributed by atoms with Crippen LogP contribution in [-0.2, 0) is 17.8 Å². The molecule has 0 amide bonds. The fourth-order valence-electron chi connectivity index (χ4n) is 2.55. The Hall–Kier alpha value is -2.59. The molecule has 0 aromatic carbocycles. The van der Waals surface area contributed by atoms with Crippen LogP contribution in [-0.4, -0.2) is 34.9 Å². The summed E-state index contributed by atoms with van der Waals surface area (Å²) in [5.41, 5.74) is 5.16. The quantitative estimate of drug-likeness (QED) is 0.564. The summed E-state index contributed by atoms with van der Waals surface area (Å²) < 4.78 is 11.7. The van der Waals surface area contributed by atoms with Crippen molar-refractivity contribution in [3.8, 4) is 0 Å². The molecule has 0 aliphatic rings. The summed E-state index contributed by atoms with van der Waals surface area (Å²) in [4.78, 5) is 28.5. The molecule has 4 N–H and O–H groups in total. The Kier molecular flexibility index (Phi) is 7.19. The van der Waals surface area contributed by atoms with Crippen LogP contribution in [0.25, 0.3) is 0 Å². The zero-order valence-electron chi connectivity index (χ0n) is 15.7. The highest BCUT2D eigenvalue weighted by Crippen LogP contribution is 2.18. The van der Waals surface area contributed by atoms with Gasteiger partial charge in [-0.3, -0.25) is 14.3 Å². The Balaban J connectivity index is 2.38. The molecule has 9 nitrogen and oxygen atoms in total. The first-order valence-corrected chi connectivity index (χ1v) is 8.95. The van der Waals surface area contributed by atoms with Crippen molar-refractivity contribution in [3.63, 3.8) is 0 Å². The summed E-state index contributed by atoms with van der Waals surface area (Å²) in [7, 11) is 1.55. The van der Waals surface area contributed by atoms with Crippen LogP contribution in [0.4, 0.5) is 11.5 Å². The highest BCUT2D eigenvalue weighted by Gasteiger charge is 2.22. The van der Waals surface area contributed by atoms with E-state index in [-0.39, 0.29) is 29.1 Å². The van der Waals surface area contributed by atoms with Crippen LogP contribution in [0.3, 0.4) is 0 Å². The number of nitrogen functional groups attached to an aromatic ring is 1. The lowest BCUT2D eigenvalue weighted by atomic mass is 10.2. The van der Waals surface area contributed by atoms with Crippen molar-refractivity contribution in [2.24, 2.45) is 5.92 Å². The fraction of sp³-hybridized carbons (Fsp3) is 0.471. The molecule has 0 saturated carbocycles.